The number of halogens is 6. The Bertz CT molecular complexity index is 740. The molecule has 0 aliphatic heterocycles. The minimum Gasteiger partial charge on any atom is -0.345 e. The maximum Gasteiger partial charge on any atom is 0.501 e. The number of amides is 2. The van der Waals surface area contributed by atoms with Crippen molar-refractivity contribution in [3.8, 4) is 0 Å². The molecular weight excluding hydrogens is 382 g/mol. The summed E-state index contributed by atoms with van der Waals surface area (Å²) in [6.45, 7) is -2.40. The van der Waals surface area contributed by atoms with Crippen LogP contribution in [0, 0.1) is 0 Å². The number of carbonyl (C=O) groups excluding carboxylic acids is 2. The third-order valence-electron chi connectivity index (χ3n) is 2.63. The number of benzene rings is 1. The zero-order chi connectivity index (χ0) is 19.5. The highest BCUT2D eigenvalue weighted by atomic mass is 32.2. The number of alkyl halides is 6. The molecule has 0 aliphatic rings. The van der Waals surface area contributed by atoms with E-state index >= 15 is 0 Å². The molecular formula is C12H10F6N2O4S. The van der Waals surface area contributed by atoms with Gasteiger partial charge in [-0.3, -0.25) is 9.59 Å². The van der Waals surface area contributed by atoms with Gasteiger partial charge in [0.15, 0.2) is 0 Å². The molecule has 25 heavy (non-hydrogen) atoms. The van der Waals surface area contributed by atoms with Gasteiger partial charge in [0, 0.05) is 5.56 Å². The minimum atomic E-state index is -5.57. The van der Waals surface area contributed by atoms with Gasteiger partial charge in [0.2, 0.25) is 5.91 Å². The highest BCUT2D eigenvalue weighted by molar-refractivity contribution is 7.92. The topological polar surface area (TPSA) is 92.3 Å². The van der Waals surface area contributed by atoms with E-state index in [9.17, 15) is 44.3 Å². The standard InChI is InChI=1S/C12H10F6N2O4S/c13-11(14,15)6-20-9(21)5-19-10(22)7-1-3-8(4-2-7)25(23,24)12(16,17)18/h1-4H,5-6H2,(H,19,22)(H,20,21). The van der Waals surface area contributed by atoms with Gasteiger partial charge in [-0.2, -0.15) is 26.3 Å². The van der Waals surface area contributed by atoms with Crippen molar-refractivity contribution in [3.05, 3.63) is 29.8 Å². The molecule has 1 aromatic carbocycles. The third-order valence-corrected chi connectivity index (χ3v) is 4.13. The Kier molecular flexibility index (Phi) is 6.05. The second kappa shape index (κ2) is 7.29. The number of rotatable bonds is 5. The van der Waals surface area contributed by atoms with Crippen molar-refractivity contribution in [1.82, 2.24) is 10.6 Å². The summed E-state index contributed by atoms with van der Waals surface area (Å²) in [7, 11) is -5.57. The first-order chi connectivity index (χ1) is 11.2. The smallest absolute Gasteiger partial charge is 0.345 e. The van der Waals surface area contributed by atoms with Gasteiger partial charge in [0.1, 0.15) is 6.54 Å². The first kappa shape index (κ1) is 20.7. The molecule has 140 valence electrons. The molecule has 0 saturated carbocycles. The lowest BCUT2D eigenvalue weighted by molar-refractivity contribution is -0.137. The van der Waals surface area contributed by atoms with E-state index < -0.39 is 51.3 Å². The lowest BCUT2D eigenvalue weighted by Crippen LogP contribution is -2.40. The highest BCUT2D eigenvalue weighted by Gasteiger charge is 2.46. The molecule has 0 spiro atoms. The van der Waals surface area contributed by atoms with E-state index in [1.807, 2.05) is 5.32 Å². The van der Waals surface area contributed by atoms with E-state index in [1.165, 1.54) is 5.32 Å². The first-order valence-corrected chi connectivity index (χ1v) is 7.75. The van der Waals surface area contributed by atoms with Crippen LogP contribution in [0.4, 0.5) is 26.3 Å². The monoisotopic (exact) mass is 392 g/mol. The Morgan fingerprint density at radius 1 is 0.920 bits per heavy atom. The number of sulfone groups is 1. The second-order valence-electron chi connectivity index (χ2n) is 4.55. The number of nitrogens with one attached hydrogen (secondary N) is 2. The van der Waals surface area contributed by atoms with E-state index in [1.54, 1.807) is 0 Å². The predicted octanol–water partition coefficient (Wildman–Crippen LogP) is 1.39. The highest BCUT2D eigenvalue weighted by Crippen LogP contribution is 2.30. The van der Waals surface area contributed by atoms with Crippen molar-refractivity contribution in [2.45, 2.75) is 16.6 Å². The fourth-order valence-corrected chi connectivity index (χ4v) is 2.20. The molecule has 2 N–H and O–H groups in total. The molecule has 6 nitrogen and oxygen atoms in total. The Morgan fingerprint density at radius 3 is 1.88 bits per heavy atom. The molecule has 0 radical (unpaired) electrons. The average molecular weight is 392 g/mol. The molecule has 0 saturated heterocycles. The van der Waals surface area contributed by atoms with Crippen molar-refractivity contribution >= 4 is 21.7 Å². The zero-order valence-electron chi connectivity index (χ0n) is 12.0. The lowest BCUT2D eigenvalue weighted by atomic mass is 10.2. The first-order valence-electron chi connectivity index (χ1n) is 6.27. The fraction of sp³-hybridized carbons (Fsp3) is 0.333. The van der Waals surface area contributed by atoms with E-state index in [0.29, 0.717) is 12.1 Å². The van der Waals surface area contributed by atoms with Gasteiger partial charge in [0.05, 0.1) is 11.4 Å². The summed E-state index contributed by atoms with van der Waals surface area (Å²) in [5.74, 6) is -2.12. The molecule has 0 heterocycles. The van der Waals surface area contributed by atoms with Crippen LogP contribution in [0.2, 0.25) is 0 Å². The molecule has 1 rings (SSSR count). The minimum absolute atomic E-state index is 0.287. The van der Waals surface area contributed by atoms with Gasteiger partial charge < -0.3 is 10.6 Å². The van der Waals surface area contributed by atoms with Gasteiger partial charge in [-0.25, -0.2) is 8.42 Å². The number of hydrogen-bond acceptors (Lipinski definition) is 4. The fourth-order valence-electron chi connectivity index (χ4n) is 1.44. The summed E-state index contributed by atoms with van der Waals surface area (Å²) in [4.78, 5) is 21.6. The maximum atomic E-state index is 12.4. The third kappa shape index (κ3) is 5.92. The summed E-state index contributed by atoms with van der Waals surface area (Å²) in [6, 6.07) is 2.62. The molecule has 2 amide bonds. The van der Waals surface area contributed by atoms with E-state index in [2.05, 4.69) is 0 Å². The summed E-state index contributed by atoms with van der Waals surface area (Å²) in [6.07, 6.45) is -4.63. The Labute approximate surface area is 137 Å². The van der Waals surface area contributed by atoms with Crippen molar-refractivity contribution in [2.24, 2.45) is 0 Å². The van der Waals surface area contributed by atoms with E-state index in [0.717, 1.165) is 12.1 Å². The summed E-state index contributed by atoms with van der Waals surface area (Å²) in [5, 5.41) is 3.43. The van der Waals surface area contributed by atoms with Crippen LogP contribution in [0.5, 0.6) is 0 Å². The Morgan fingerprint density at radius 2 is 1.44 bits per heavy atom. The van der Waals surface area contributed by atoms with Crippen molar-refractivity contribution in [1.29, 1.82) is 0 Å². The van der Waals surface area contributed by atoms with Crippen LogP contribution < -0.4 is 10.6 Å². The van der Waals surface area contributed by atoms with Crippen LogP contribution in [-0.2, 0) is 14.6 Å². The van der Waals surface area contributed by atoms with Crippen molar-refractivity contribution in [3.63, 3.8) is 0 Å². The van der Waals surface area contributed by atoms with Crippen LogP contribution in [0.3, 0.4) is 0 Å². The zero-order valence-corrected chi connectivity index (χ0v) is 12.8. The van der Waals surface area contributed by atoms with Crippen LogP contribution in [-0.4, -0.2) is 45.0 Å². The molecule has 0 bridgehead atoms. The van der Waals surface area contributed by atoms with Crippen LogP contribution in [0.1, 0.15) is 10.4 Å². The lowest BCUT2D eigenvalue weighted by Gasteiger charge is -2.10. The van der Waals surface area contributed by atoms with Gasteiger partial charge >= 0.3 is 11.7 Å². The molecule has 0 unspecified atom stereocenters. The number of carbonyl (C=O) groups is 2. The Balaban J connectivity index is 2.68. The van der Waals surface area contributed by atoms with E-state index in [-0.39, 0.29) is 5.56 Å². The molecule has 0 aromatic heterocycles. The average Bonchev–Trinajstić information content (AvgIpc) is 2.49. The van der Waals surface area contributed by atoms with Crippen LogP contribution >= 0.6 is 0 Å². The molecule has 0 fully saturated rings. The van der Waals surface area contributed by atoms with Crippen LogP contribution in [0.15, 0.2) is 29.2 Å². The Hall–Kier alpha value is -2.31. The molecule has 1 aromatic rings. The molecule has 0 atom stereocenters. The SMILES string of the molecule is O=C(CNC(=O)c1ccc(S(=O)(=O)C(F)(F)F)cc1)NCC(F)(F)F. The van der Waals surface area contributed by atoms with Gasteiger partial charge in [-0.15, -0.1) is 0 Å². The van der Waals surface area contributed by atoms with Gasteiger partial charge in [-0.05, 0) is 24.3 Å². The van der Waals surface area contributed by atoms with Crippen LogP contribution in [0.25, 0.3) is 0 Å². The molecule has 0 aliphatic carbocycles. The largest absolute Gasteiger partial charge is 0.501 e. The quantitative estimate of drug-likeness (QED) is 0.741. The summed E-state index contributed by atoms with van der Waals surface area (Å²) in [5.41, 5.74) is -5.79. The van der Waals surface area contributed by atoms with Gasteiger partial charge in [-0.1, -0.05) is 0 Å². The normalized spacial score (nSPS) is 12.6. The summed E-state index contributed by atoms with van der Waals surface area (Å²) < 4.78 is 94.9. The van der Waals surface area contributed by atoms with Crippen molar-refractivity contribution in [2.75, 3.05) is 13.1 Å². The van der Waals surface area contributed by atoms with Crippen molar-refractivity contribution < 1.29 is 44.3 Å². The maximum absolute atomic E-state index is 12.4. The predicted molar refractivity (Wildman–Crippen MR) is 71.1 cm³/mol. The second-order valence-corrected chi connectivity index (χ2v) is 6.49. The van der Waals surface area contributed by atoms with Gasteiger partial charge in [0.25, 0.3) is 15.7 Å². The number of hydrogen-bond donors (Lipinski definition) is 2. The van der Waals surface area contributed by atoms with E-state index in [4.69, 9.17) is 0 Å². The molecule has 13 heteroatoms. The summed E-state index contributed by atoms with van der Waals surface area (Å²) >= 11 is 0.